The molecule has 0 saturated carbocycles. The van der Waals surface area contributed by atoms with Gasteiger partial charge in [-0.3, -0.25) is 15.2 Å². The molecular weight excluding hydrogens is 386 g/mol. The van der Waals surface area contributed by atoms with Crippen LogP contribution in [-0.4, -0.2) is 47.0 Å². The van der Waals surface area contributed by atoms with Crippen molar-refractivity contribution in [3.05, 3.63) is 48.7 Å². The van der Waals surface area contributed by atoms with Gasteiger partial charge < -0.3 is 18.8 Å². The van der Waals surface area contributed by atoms with Crippen molar-refractivity contribution in [1.82, 2.24) is 19.7 Å². The van der Waals surface area contributed by atoms with Crippen molar-refractivity contribution in [2.45, 2.75) is 6.54 Å². The van der Waals surface area contributed by atoms with E-state index >= 15 is 0 Å². The number of aromatic amines is 1. The number of carbonyl (C=O) groups excluding carboxylic acids is 1. The number of methoxy groups -OCH3 is 3. The number of rotatable bonds is 7. The van der Waals surface area contributed by atoms with Gasteiger partial charge in [-0.15, -0.1) is 5.10 Å². The maximum atomic E-state index is 12.5. The Morgan fingerprint density at radius 1 is 1.03 bits per heavy atom. The van der Waals surface area contributed by atoms with Crippen LogP contribution in [0.15, 0.2) is 48.7 Å². The van der Waals surface area contributed by atoms with Crippen LogP contribution >= 0.6 is 0 Å². The molecule has 2 aromatic heterocycles. The standard InChI is InChI=1S/C21H21N5O4/c1-28-14-5-7-17-13(10-14)8-9-26(17)12-19(27)22-21-23-20(24-25-21)16-6-4-15(29-2)11-18(16)30-3/h4-11H,12H2,1-3H3,(H2,22,23,24,25,27). The minimum atomic E-state index is -0.240. The molecule has 0 saturated heterocycles. The van der Waals surface area contributed by atoms with Gasteiger partial charge in [0.15, 0.2) is 5.82 Å². The number of hydrogen-bond donors (Lipinski definition) is 2. The second-order valence-electron chi connectivity index (χ2n) is 6.49. The summed E-state index contributed by atoms with van der Waals surface area (Å²) >= 11 is 0. The molecule has 2 N–H and O–H groups in total. The molecule has 0 aliphatic rings. The lowest BCUT2D eigenvalue weighted by Crippen LogP contribution is -2.19. The van der Waals surface area contributed by atoms with Gasteiger partial charge in [-0.1, -0.05) is 0 Å². The predicted octanol–water partition coefficient (Wildman–Crippen LogP) is 3.09. The first-order valence-corrected chi connectivity index (χ1v) is 9.19. The summed E-state index contributed by atoms with van der Waals surface area (Å²) in [4.78, 5) is 16.9. The fraction of sp³-hybridized carbons (Fsp3) is 0.190. The van der Waals surface area contributed by atoms with Gasteiger partial charge in [0.05, 0.1) is 26.9 Å². The molecule has 2 heterocycles. The topological polar surface area (TPSA) is 103 Å². The molecule has 0 atom stereocenters. The molecule has 0 spiro atoms. The molecule has 0 radical (unpaired) electrons. The van der Waals surface area contributed by atoms with Crippen LogP contribution in [0.2, 0.25) is 0 Å². The van der Waals surface area contributed by atoms with Crippen LogP contribution in [0.3, 0.4) is 0 Å². The van der Waals surface area contributed by atoms with E-state index in [2.05, 4.69) is 20.5 Å². The Balaban J connectivity index is 1.48. The lowest BCUT2D eigenvalue weighted by atomic mass is 10.2. The van der Waals surface area contributed by atoms with Gasteiger partial charge in [0.2, 0.25) is 11.9 Å². The van der Waals surface area contributed by atoms with E-state index in [1.807, 2.05) is 41.1 Å². The highest BCUT2D eigenvalue weighted by Crippen LogP contribution is 2.31. The van der Waals surface area contributed by atoms with Gasteiger partial charge >= 0.3 is 0 Å². The number of nitrogens with one attached hydrogen (secondary N) is 2. The molecule has 0 unspecified atom stereocenters. The minimum Gasteiger partial charge on any atom is -0.497 e. The summed E-state index contributed by atoms with van der Waals surface area (Å²) in [6.07, 6.45) is 1.86. The van der Waals surface area contributed by atoms with E-state index < -0.39 is 0 Å². The Labute approximate surface area is 172 Å². The van der Waals surface area contributed by atoms with E-state index in [-0.39, 0.29) is 18.4 Å². The number of nitrogens with zero attached hydrogens (tertiary/aromatic N) is 3. The summed E-state index contributed by atoms with van der Waals surface area (Å²) in [5, 5.41) is 10.6. The molecule has 0 aliphatic heterocycles. The minimum absolute atomic E-state index is 0.131. The van der Waals surface area contributed by atoms with Crippen molar-refractivity contribution in [1.29, 1.82) is 0 Å². The first kappa shape index (κ1) is 19.3. The molecule has 0 bridgehead atoms. The van der Waals surface area contributed by atoms with Crippen LogP contribution in [0, 0.1) is 0 Å². The van der Waals surface area contributed by atoms with Crippen molar-refractivity contribution >= 4 is 22.8 Å². The quantitative estimate of drug-likeness (QED) is 0.488. The number of H-pyrrole nitrogens is 1. The highest BCUT2D eigenvalue weighted by Gasteiger charge is 2.14. The number of hydrogen-bond acceptors (Lipinski definition) is 6. The summed E-state index contributed by atoms with van der Waals surface area (Å²) in [6.45, 7) is 0.131. The van der Waals surface area contributed by atoms with Crippen LogP contribution in [0.4, 0.5) is 5.95 Å². The largest absolute Gasteiger partial charge is 0.497 e. The molecule has 0 fully saturated rings. The van der Waals surface area contributed by atoms with Gasteiger partial charge in [0, 0.05) is 23.2 Å². The number of ether oxygens (including phenoxy) is 3. The zero-order chi connectivity index (χ0) is 21.1. The van der Waals surface area contributed by atoms with E-state index in [1.165, 1.54) is 0 Å². The van der Waals surface area contributed by atoms with E-state index in [4.69, 9.17) is 14.2 Å². The average molecular weight is 407 g/mol. The van der Waals surface area contributed by atoms with Gasteiger partial charge in [0.25, 0.3) is 0 Å². The van der Waals surface area contributed by atoms with E-state index in [0.29, 0.717) is 22.9 Å². The maximum absolute atomic E-state index is 12.5. The molecule has 2 aromatic carbocycles. The number of aromatic nitrogens is 4. The Bertz CT molecular complexity index is 1200. The van der Waals surface area contributed by atoms with Crippen molar-refractivity contribution in [2.75, 3.05) is 26.6 Å². The first-order chi connectivity index (χ1) is 14.6. The summed E-state index contributed by atoms with van der Waals surface area (Å²) in [5.41, 5.74) is 1.64. The Morgan fingerprint density at radius 2 is 1.80 bits per heavy atom. The van der Waals surface area contributed by atoms with Crippen LogP contribution in [0.25, 0.3) is 22.3 Å². The van der Waals surface area contributed by atoms with Gasteiger partial charge in [0.1, 0.15) is 23.8 Å². The Kier molecular flexibility index (Phi) is 5.25. The summed E-state index contributed by atoms with van der Waals surface area (Å²) in [7, 11) is 4.77. The number of benzene rings is 2. The molecule has 0 aliphatic carbocycles. The van der Waals surface area contributed by atoms with Crippen LogP contribution in [-0.2, 0) is 11.3 Å². The van der Waals surface area contributed by atoms with Gasteiger partial charge in [-0.25, -0.2) is 0 Å². The fourth-order valence-corrected chi connectivity index (χ4v) is 3.19. The van der Waals surface area contributed by atoms with E-state index in [0.717, 1.165) is 16.7 Å². The third-order valence-electron chi connectivity index (χ3n) is 4.69. The molecule has 1 amide bonds. The van der Waals surface area contributed by atoms with Crippen molar-refractivity contribution in [3.8, 4) is 28.6 Å². The SMILES string of the molecule is COc1ccc(-c2nc(NC(=O)Cn3ccc4cc(OC)ccc43)n[nH]2)c(OC)c1. The molecule has 9 nitrogen and oxygen atoms in total. The smallest absolute Gasteiger partial charge is 0.249 e. The molecular formula is C21H21N5O4. The molecule has 9 heteroatoms. The van der Waals surface area contributed by atoms with E-state index in [9.17, 15) is 4.79 Å². The monoisotopic (exact) mass is 407 g/mol. The van der Waals surface area contributed by atoms with Crippen molar-refractivity contribution in [3.63, 3.8) is 0 Å². The lowest BCUT2D eigenvalue weighted by molar-refractivity contribution is -0.116. The molecule has 4 rings (SSSR count). The summed E-state index contributed by atoms with van der Waals surface area (Å²) < 4.78 is 17.7. The number of amides is 1. The third kappa shape index (κ3) is 3.77. The molecule has 4 aromatic rings. The zero-order valence-electron chi connectivity index (χ0n) is 16.8. The third-order valence-corrected chi connectivity index (χ3v) is 4.69. The second-order valence-corrected chi connectivity index (χ2v) is 6.49. The zero-order valence-corrected chi connectivity index (χ0v) is 16.8. The highest BCUT2D eigenvalue weighted by molar-refractivity contribution is 5.91. The van der Waals surface area contributed by atoms with Crippen LogP contribution < -0.4 is 19.5 Å². The number of carbonyl (C=O) groups is 1. The van der Waals surface area contributed by atoms with Crippen molar-refractivity contribution in [2.24, 2.45) is 0 Å². The Hall–Kier alpha value is -4.01. The molecule has 30 heavy (non-hydrogen) atoms. The number of anilines is 1. The van der Waals surface area contributed by atoms with E-state index in [1.54, 1.807) is 33.5 Å². The predicted molar refractivity (Wildman–Crippen MR) is 112 cm³/mol. The second kappa shape index (κ2) is 8.16. The van der Waals surface area contributed by atoms with Crippen LogP contribution in [0.1, 0.15) is 0 Å². The summed E-state index contributed by atoms with van der Waals surface area (Å²) in [5.74, 6) is 2.44. The average Bonchev–Trinajstić information content (AvgIpc) is 3.39. The maximum Gasteiger partial charge on any atom is 0.249 e. The first-order valence-electron chi connectivity index (χ1n) is 9.19. The number of fused-ring (bicyclic) bond motifs is 1. The van der Waals surface area contributed by atoms with Crippen molar-refractivity contribution < 1.29 is 19.0 Å². The molecule has 154 valence electrons. The Morgan fingerprint density at radius 3 is 2.57 bits per heavy atom. The van der Waals surface area contributed by atoms with Gasteiger partial charge in [-0.2, -0.15) is 4.98 Å². The summed E-state index contributed by atoms with van der Waals surface area (Å²) in [6, 6.07) is 13.0. The highest BCUT2D eigenvalue weighted by atomic mass is 16.5. The normalized spacial score (nSPS) is 10.8. The van der Waals surface area contributed by atoms with Gasteiger partial charge in [-0.05, 0) is 36.4 Å². The fourth-order valence-electron chi connectivity index (χ4n) is 3.19. The van der Waals surface area contributed by atoms with Crippen LogP contribution in [0.5, 0.6) is 17.2 Å². The lowest BCUT2D eigenvalue weighted by Gasteiger charge is -2.08.